The first-order chi connectivity index (χ1) is 10.0. The van der Waals surface area contributed by atoms with Crippen molar-refractivity contribution >= 4 is 17.7 Å². The van der Waals surface area contributed by atoms with Crippen molar-refractivity contribution in [3.63, 3.8) is 0 Å². The molecule has 21 heavy (non-hydrogen) atoms. The molecule has 0 atom stereocenters. The highest BCUT2D eigenvalue weighted by atomic mass is 32.2. The zero-order valence-electron chi connectivity index (χ0n) is 11.5. The van der Waals surface area contributed by atoms with Gasteiger partial charge in [-0.05, 0) is 12.3 Å². The van der Waals surface area contributed by atoms with Gasteiger partial charge in [-0.2, -0.15) is 0 Å². The van der Waals surface area contributed by atoms with Crippen molar-refractivity contribution in [2.75, 3.05) is 20.5 Å². The van der Waals surface area contributed by atoms with Gasteiger partial charge in [-0.25, -0.2) is 9.18 Å². The van der Waals surface area contributed by atoms with Crippen molar-refractivity contribution in [3.8, 4) is 22.8 Å². The second-order valence-corrected chi connectivity index (χ2v) is 4.70. The molecule has 2 rings (SSSR count). The molecule has 8 heteroatoms. The lowest BCUT2D eigenvalue weighted by atomic mass is 10.1. The summed E-state index contributed by atoms with van der Waals surface area (Å²) in [5.74, 6) is -1.65. The molecule has 1 aromatic carbocycles. The maximum atomic E-state index is 14.1. The lowest BCUT2D eigenvalue weighted by molar-refractivity contribution is 0.0652. The van der Waals surface area contributed by atoms with Gasteiger partial charge in [0.25, 0.3) is 0 Å². The Morgan fingerprint density at radius 1 is 1.33 bits per heavy atom. The Kier molecular flexibility index (Phi) is 4.37. The second kappa shape index (κ2) is 6.04. The molecule has 0 fully saturated rings. The third kappa shape index (κ3) is 2.66. The average Bonchev–Trinajstić information content (AvgIpc) is 2.95. The molecular formula is C13H12FNO5S. The van der Waals surface area contributed by atoms with E-state index < -0.39 is 11.8 Å². The second-order valence-electron chi connectivity index (χ2n) is 3.89. The standard InChI is InChI=1S/C13H12FNO5S/c1-18-10-6(8-5-9(13(16)17)20-15-8)4-7(14)12(21-3)11(10)19-2/h4-5H,1-3H3,(H,16,17). The monoisotopic (exact) mass is 313 g/mol. The molecule has 0 bridgehead atoms. The predicted molar refractivity (Wildman–Crippen MR) is 73.7 cm³/mol. The number of carboxylic acids is 1. The van der Waals surface area contributed by atoms with Gasteiger partial charge in [-0.3, -0.25) is 0 Å². The molecule has 0 spiro atoms. The minimum Gasteiger partial charge on any atom is -0.492 e. The molecule has 0 aliphatic carbocycles. The number of thioether (sulfide) groups is 1. The number of benzene rings is 1. The van der Waals surface area contributed by atoms with E-state index in [-0.39, 0.29) is 28.5 Å². The SMILES string of the molecule is COc1c(-c2cc(C(=O)O)on2)cc(F)c(SC)c1OC. The molecule has 1 heterocycles. The average molecular weight is 313 g/mol. The van der Waals surface area contributed by atoms with Gasteiger partial charge in [0, 0.05) is 6.07 Å². The van der Waals surface area contributed by atoms with E-state index in [0.717, 1.165) is 0 Å². The van der Waals surface area contributed by atoms with Crippen molar-refractivity contribution < 1.29 is 28.3 Å². The number of nitrogens with zero attached hydrogens (tertiary/aromatic N) is 1. The van der Waals surface area contributed by atoms with Gasteiger partial charge < -0.3 is 19.1 Å². The van der Waals surface area contributed by atoms with Crippen LogP contribution >= 0.6 is 11.8 Å². The van der Waals surface area contributed by atoms with Gasteiger partial charge in [0.05, 0.1) is 24.7 Å². The maximum absolute atomic E-state index is 14.1. The van der Waals surface area contributed by atoms with Gasteiger partial charge >= 0.3 is 5.97 Å². The van der Waals surface area contributed by atoms with Crippen LogP contribution in [0.2, 0.25) is 0 Å². The number of aromatic carboxylic acids is 1. The van der Waals surface area contributed by atoms with Crippen molar-refractivity contribution in [1.82, 2.24) is 5.16 Å². The van der Waals surface area contributed by atoms with E-state index in [1.165, 1.54) is 38.1 Å². The number of hydrogen-bond acceptors (Lipinski definition) is 6. The van der Waals surface area contributed by atoms with Gasteiger partial charge in [-0.1, -0.05) is 5.16 Å². The van der Waals surface area contributed by atoms with E-state index in [9.17, 15) is 9.18 Å². The minimum absolute atomic E-state index is 0.147. The summed E-state index contributed by atoms with van der Waals surface area (Å²) in [6, 6.07) is 2.40. The highest BCUT2D eigenvalue weighted by Gasteiger charge is 2.23. The fourth-order valence-corrected chi connectivity index (χ4v) is 2.48. The summed E-state index contributed by atoms with van der Waals surface area (Å²) >= 11 is 1.17. The summed E-state index contributed by atoms with van der Waals surface area (Å²) < 4.78 is 29.3. The van der Waals surface area contributed by atoms with E-state index >= 15 is 0 Å². The van der Waals surface area contributed by atoms with Gasteiger partial charge in [0.15, 0.2) is 11.5 Å². The minimum atomic E-state index is -1.26. The number of carboxylic acid groups (broad SMARTS) is 1. The highest BCUT2D eigenvalue weighted by molar-refractivity contribution is 7.98. The van der Waals surface area contributed by atoms with Crippen LogP contribution in [-0.4, -0.2) is 36.7 Å². The summed E-state index contributed by atoms with van der Waals surface area (Å²) in [6.45, 7) is 0. The summed E-state index contributed by atoms with van der Waals surface area (Å²) in [7, 11) is 2.80. The molecule has 0 aliphatic rings. The molecule has 1 aromatic heterocycles. The van der Waals surface area contributed by atoms with Crippen LogP contribution in [0.5, 0.6) is 11.5 Å². The van der Waals surface area contributed by atoms with Gasteiger partial charge in [0.2, 0.25) is 5.76 Å². The maximum Gasteiger partial charge on any atom is 0.374 e. The number of methoxy groups -OCH3 is 2. The van der Waals surface area contributed by atoms with Crippen LogP contribution in [0.15, 0.2) is 21.6 Å². The van der Waals surface area contributed by atoms with Gasteiger partial charge in [-0.15, -0.1) is 11.8 Å². The molecule has 112 valence electrons. The Hall–Kier alpha value is -2.22. The zero-order chi connectivity index (χ0) is 15.6. The van der Waals surface area contributed by atoms with E-state index in [4.69, 9.17) is 14.6 Å². The first-order valence-corrected chi connectivity index (χ1v) is 6.94. The number of halogens is 1. The van der Waals surface area contributed by atoms with E-state index in [1.54, 1.807) is 6.26 Å². The summed E-state index contributed by atoms with van der Waals surface area (Å²) in [6.07, 6.45) is 1.71. The van der Waals surface area contributed by atoms with Crippen LogP contribution in [0.1, 0.15) is 10.6 Å². The highest BCUT2D eigenvalue weighted by Crippen LogP contribution is 2.45. The molecule has 0 unspecified atom stereocenters. The number of aromatic nitrogens is 1. The smallest absolute Gasteiger partial charge is 0.374 e. The largest absolute Gasteiger partial charge is 0.492 e. The van der Waals surface area contributed by atoms with E-state index in [1.807, 2.05) is 0 Å². The Morgan fingerprint density at radius 3 is 2.48 bits per heavy atom. The summed E-state index contributed by atoms with van der Waals surface area (Å²) in [5, 5.41) is 12.5. The first kappa shape index (κ1) is 15.2. The molecule has 0 aliphatic heterocycles. The zero-order valence-corrected chi connectivity index (χ0v) is 12.3. The molecule has 1 N–H and O–H groups in total. The van der Waals surface area contributed by atoms with E-state index in [2.05, 4.69) is 9.68 Å². The topological polar surface area (TPSA) is 81.8 Å². The Morgan fingerprint density at radius 2 is 2.00 bits per heavy atom. The molecule has 2 aromatic rings. The van der Waals surface area contributed by atoms with E-state index in [0.29, 0.717) is 4.90 Å². The molecule has 0 radical (unpaired) electrons. The molecule has 0 saturated heterocycles. The summed E-state index contributed by atoms with van der Waals surface area (Å²) in [5.41, 5.74) is 0.398. The third-order valence-corrected chi connectivity index (χ3v) is 3.54. The third-order valence-electron chi connectivity index (χ3n) is 2.75. The van der Waals surface area contributed by atoms with Crippen LogP contribution in [0.3, 0.4) is 0 Å². The Balaban J connectivity index is 2.67. The fraction of sp³-hybridized carbons (Fsp3) is 0.231. The number of rotatable bonds is 5. The van der Waals surface area contributed by atoms with Crippen molar-refractivity contribution in [2.24, 2.45) is 0 Å². The lowest BCUT2D eigenvalue weighted by Gasteiger charge is -2.15. The number of ether oxygens (including phenoxy) is 2. The molecular weight excluding hydrogens is 301 g/mol. The quantitative estimate of drug-likeness (QED) is 0.850. The Labute approximate surface area is 123 Å². The van der Waals surface area contributed by atoms with Gasteiger partial charge in [0.1, 0.15) is 11.5 Å². The van der Waals surface area contributed by atoms with Crippen LogP contribution in [0.4, 0.5) is 4.39 Å². The summed E-state index contributed by atoms with van der Waals surface area (Å²) in [4.78, 5) is 11.1. The predicted octanol–water partition coefficient (Wildman–Crippen LogP) is 2.92. The number of hydrogen-bond donors (Lipinski definition) is 1. The van der Waals surface area contributed by atoms with Crippen molar-refractivity contribution in [1.29, 1.82) is 0 Å². The van der Waals surface area contributed by atoms with Crippen LogP contribution < -0.4 is 9.47 Å². The lowest BCUT2D eigenvalue weighted by Crippen LogP contribution is -1.98. The normalized spacial score (nSPS) is 10.5. The van der Waals surface area contributed by atoms with Crippen LogP contribution in [0, 0.1) is 5.82 Å². The molecule has 0 saturated carbocycles. The first-order valence-electron chi connectivity index (χ1n) is 5.72. The number of carbonyl (C=O) groups is 1. The van der Waals surface area contributed by atoms with Crippen LogP contribution in [0.25, 0.3) is 11.3 Å². The molecule has 6 nitrogen and oxygen atoms in total. The fourth-order valence-electron chi connectivity index (χ4n) is 1.86. The Bertz CT molecular complexity index is 685. The van der Waals surface area contributed by atoms with Crippen LogP contribution in [-0.2, 0) is 0 Å². The van der Waals surface area contributed by atoms with Crippen molar-refractivity contribution in [3.05, 3.63) is 23.7 Å². The molecule has 0 amide bonds. The van der Waals surface area contributed by atoms with Crippen molar-refractivity contribution in [2.45, 2.75) is 4.90 Å².